The molecule has 0 aliphatic carbocycles. The number of benzene rings is 1. The van der Waals surface area contributed by atoms with Crippen molar-refractivity contribution >= 4 is 23.4 Å². The van der Waals surface area contributed by atoms with Crippen LogP contribution in [0.15, 0.2) is 30.3 Å². The lowest BCUT2D eigenvalue weighted by atomic mass is 10.0. The van der Waals surface area contributed by atoms with Crippen molar-refractivity contribution in [1.82, 2.24) is 5.32 Å². The summed E-state index contributed by atoms with van der Waals surface area (Å²) in [4.78, 5) is 46.4. The normalized spacial score (nSPS) is 10.2. The van der Waals surface area contributed by atoms with Crippen molar-refractivity contribution in [2.24, 2.45) is 0 Å². The highest BCUT2D eigenvalue weighted by molar-refractivity contribution is 6.08. The Balaban J connectivity index is 2.06. The standard InChI is InChI=1S/C20H27NO5/c1-26-20(25)11-7-2-3-8-14-21-19(24)13-12-17(22)15-18(23)16-9-5-4-6-10-16/h4-6,9-10H,2-3,7-8,11-15H2,1H3,(H,21,24). The monoisotopic (exact) mass is 361 g/mol. The summed E-state index contributed by atoms with van der Waals surface area (Å²) in [6, 6.07) is 8.66. The van der Waals surface area contributed by atoms with Crippen molar-refractivity contribution in [3.63, 3.8) is 0 Å². The fourth-order valence-electron chi connectivity index (χ4n) is 2.41. The molecular weight excluding hydrogens is 334 g/mol. The highest BCUT2D eigenvalue weighted by Gasteiger charge is 2.13. The van der Waals surface area contributed by atoms with Gasteiger partial charge in [-0.25, -0.2) is 0 Å². The van der Waals surface area contributed by atoms with Gasteiger partial charge in [0.2, 0.25) is 5.91 Å². The maximum atomic E-state index is 11.9. The molecule has 142 valence electrons. The number of nitrogens with one attached hydrogen (secondary N) is 1. The third-order valence-electron chi connectivity index (χ3n) is 3.94. The number of ketones is 2. The fourth-order valence-corrected chi connectivity index (χ4v) is 2.41. The molecule has 0 heterocycles. The second kappa shape index (κ2) is 12.8. The smallest absolute Gasteiger partial charge is 0.305 e. The molecule has 0 aromatic heterocycles. The van der Waals surface area contributed by atoms with Gasteiger partial charge in [-0.1, -0.05) is 43.2 Å². The summed E-state index contributed by atoms with van der Waals surface area (Å²) < 4.78 is 4.56. The van der Waals surface area contributed by atoms with Gasteiger partial charge in [0.1, 0.15) is 5.78 Å². The molecule has 0 unspecified atom stereocenters. The molecular formula is C20H27NO5. The summed E-state index contributed by atoms with van der Waals surface area (Å²) in [5, 5.41) is 2.77. The van der Waals surface area contributed by atoms with Gasteiger partial charge in [-0.2, -0.15) is 0 Å². The lowest BCUT2D eigenvalue weighted by Gasteiger charge is -2.05. The van der Waals surface area contributed by atoms with Crippen molar-refractivity contribution in [2.45, 2.75) is 51.4 Å². The summed E-state index contributed by atoms with van der Waals surface area (Å²) in [6.07, 6.45) is 3.86. The SMILES string of the molecule is COC(=O)CCCCCCNC(=O)CCC(=O)CC(=O)c1ccccc1. The van der Waals surface area contributed by atoms with Crippen molar-refractivity contribution in [3.05, 3.63) is 35.9 Å². The van der Waals surface area contributed by atoms with Crippen LogP contribution in [-0.4, -0.2) is 37.1 Å². The number of rotatable bonds is 13. The maximum absolute atomic E-state index is 11.9. The Labute approximate surface area is 154 Å². The van der Waals surface area contributed by atoms with Gasteiger partial charge in [-0.15, -0.1) is 0 Å². The first-order valence-electron chi connectivity index (χ1n) is 8.96. The van der Waals surface area contributed by atoms with Gasteiger partial charge in [-0.05, 0) is 12.8 Å². The molecule has 0 bridgehead atoms. The fraction of sp³-hybridized carbons (Fsp3) is 0.500. The topological polar surface area (TPSA) is 89.5 Å². The zero-order valence-corrected chi connectivity index (χ0v) is 15.3. The van der Waals surface area contributed by atoms with E-state index in [9.17, 15) is 19.2 Å². The van der Waals surface area contributed by atoms with Crippen LogP contribution in [-0.2, 0) is 19.1 Å². The molecule has 1 amide bonds. The molecule has 0 saturated carbocycles. The van der Waals surface area contributed by atoms with Gasteiger partial charge < -0.3 is 10.1 Å². The van der Waals surface area contributed by atoms with E-state index in [-0.39, 0.29) is 42.7 Å². The molecule has 0 aliphatic heterocycles. The number of amides is 1. The number of carbonyl (C=O) groups is 4. The van der Waals surface area contributed by atoms with Crippen LogP contribution < -0.4 is 5.32 Å². The average Bonchev–Trinajstić information content (AvgIpc) is 2.66. The molecule has 0 aliphatic rings. The Morgan fingerprint density at radius 3 is 2.27 bits per heavy atom. The summed E-state index contributed by atoms with van der Waals surface area (Å²) in [6.45, 7) is 0.550. The first-order chi connectivity index (χ1) is 12.5. The van der Waals surface area contributed by atoms with Gasteiger partial charge in [0, 0.05) is 31.4 Å². The Morgan fingerprint density at radius 1 is 0.885 bits per heavy atom. The largest absolute Gasteiger partial charge is 0.469 e. The zero-order chi connectivity index (χ0) is 19.2. The van der Waals surface area contributed by atoms with E-state index in [1.54, 1.807) is 24.3 Å². The minimum absolute atomic E-state index is 0.0730. The molecule has 1 aromatic carbocycles. The molecule has 26 heavy (non-hydrogen) atoms. The minimum atomic E-state index is -0.225. The van der Waals surface area contributed by atoms with E-state index in [2.05, 4.69) is 10.1 Å². The molecule has 0 saturated heterocycles. The first-order valence-corrected chi connectivity index (χ1v) is 8.96. The quantitative estimate of drug-likeness (QED) is 0.252. The third kappa shape index (κ3) is 9.71. The van der Waals surface area contributed by atoms with Gasteiger partial charge in [0.05, 0.1) is 13.5 Å². The van der Waals surface area contributed by atoms with Crippen molar-refractivity contribution in [1.29, 1.82) is 0 Å². The molecule has 1 rings (SSSR count). The lowest BCUT2D eigenvalue weighted by Crippen LogP contribution is -2.25. The molecule has 0 atom stereocenters. The second-order valence-electron chi connectivity index (χ2n) is 6.09. The van der Waals surface area contributed by atoms with E-state index in [1.807, 2.05) is 6.07 Å². The third-order valence-corrected chi connectivity index (χ3v) is 3.94. The van der Waals surface area contributed by atoms with Crippen LogP contribution >= 0.6 is 0 Å². The second-order valence-corrected chi connectivity index (χ2v) is 6.09. The number of unbranched alkanes of at least 4 members (excludes halogenated alkanes) is 3. The summed E-state index contributed by atoms with van der Waals surface area (Å²) in [5.41, 5.74) is 0.512. The van der Waals surface area contributed by atoms with Gasteiger partial charge in [-0.3, -0.25) is 19.2 Å². The number of hydrogen-bond donors (Lipinski definition) is 1. The maximum Gasteiger partial charge on any atom is 0.305 e. The van der Waals surface area contributed by atoms with Crippen LogP contribution in [0.3, 0.4) is 0 Å². The molecule has 0 spiro atoms. The summed E-state index contributed by atoms with van der Waals surface area (Å²) in [5.74, 6) is -0.825. The first kappa shape index (κ1) is 21.5. The van der Waals surface area contributed by atoms with Crippen LogP contribution in [0.25, 0.3) is 0 Å². The molecule has 1 aromatic rings. The molecule has 0 radical (unpaired) electrons. The average molecular weight is 361 g/mol. The lowest BCUT2D eigenvalue weighted by molar-refractivity contribution is -0.140. The molecule has 0 fully saturated rings. The molecule has 1 N–H and O–H groups in total. The number of carbonyl (C=O) groups excluding carboxylic acids is 4. The Hall–Kier alpha value is -2.50. The van der Waals surface area contributed by atoms with E-state index in [0.29, 0.717) is 18.5 Å². The number of ether oxygens (including phenoxy) is 1. The van der Waals surface area contributed by atoms with E-state index in [4.69, 9.17) is 0 Å². The van der Waals surface area contributed by atoms with Crippen molar-refractivity contribution < 1.29 is 23.9 Å². The van der Waals surface area contributed by atoms with Crippen LogP contribution in [0.1, 0.15) is 61.7 Å². The van der Waals surface area contributed by atoms with Gasteiger partial charge >= 0.3 is 5.97 Å². The highest BCUT2D eigenvalue weighted by atomic mass is 16.5. The highest BCUT2D eigenvalue weighted by Crippen LogP contribution is 2.06. The van der Waals surface area contributed by atoms with Crippen LogP contribution in [0.4, 0.5) is 0 Å². The summed E-state index contributed by atoms with van der Waals surface area (Å²) >= 11 is 0. The van der Waals surface area contributed by atoms with Crippen molar-refractivity contribution in [2.75, 3.05) is 13.7 Å². The molecule has 6 heteroatoms. The Morgan fingerprint density at radius 2 is 1.58 bits per heavy atom. The predicted molar refractivity (Wildman–Crippen MR) is 97.7 cm³/mol. The summed E-state index contributed by atoms with van der Waals surface area (Å²) in [7, 11) is 1.38. The van der Waals surface area contributed by atoms with Crippen LogP contribution in [0.2, 0.25) is 0 Å². The van der Waals surface area contributed by atoms with Crippen LogP contribution in [0.5, 0.6) is 0 Å². The van der Waals surface area contributed by atoms with Gasteiger partial charge in [0.15, 0.2) is 5.78 Å². The number of hydrogen-bond acceptors (Lipinski definition) is 5. The van der Waals surface area contributed by atoms with Crippen LogP contribution in [0, 0.1) is 0 Å². The zero-order valence-electron chi connectivity index (χ0n) is 15.3. The Kier molecular flexibility index (Phi) is 10.6. The number of esters is 1. The van der Waals surface area contributed by atoms with E-state index in [1.165, 1.54) is 7.11 Å². The number of Topliss-reactive ketones (excluding diaryl/α,β-unsaturated/α-hetero) is 2. The van der Waals surface area contributed by atoms with Gasteiger partial charge in [0.25, 0.3) is 0 Å². The molecule has 6 nitrogen and oxygen atoms in total. The predicted octanol–water partition coefficient (Wildman–Crippen LogP) is 2.85. The van der Waals surface area contributed by atoms with Crippen molar-refractivity contribution in [3.8, 4) is 0 Å². The van der Waals surface area contributed by atoms with E-state index >= 15 is 0 Å². The number of methoxy groups -OCH3 is 1. The minimum Gasteiger partial charge on any atom is -0.469 e. The van der Waals surface area contributed by atoms with E-state index in [0.717, 1.165) is 25.7 Å². The van der Waals surface area contributed by atoms with E-state index < -0.39 is 0 Å². The Bertz CT molecular complexity index is 597.